The Morgan fingerprint density at radius 3 is 1.78 bits per heavy atom. The molecule has 18 heavy (non-hydrogen) atoms. The van der Waals surface area contributed by atoms with Crippen LogP contribution < -0.4 is 0 Å². The van der Waals surface area contributed by atoms with Crippen molar-refractivity contribution in [1.82, 2.24) is 0 Å². The van der Waals surface area contributed by atoms with E-state index in [-0.39, 0.29) is 6.10 Å². The molecule has 0 aliphatic heterocycles. The number of hydrogen-bond donors (Lipinski definition) is 1. The third-order valence-corrected chi connectivity index (χ3v) is 3.38. The van der Waals surface area contributed by atoms with Crippen molar-refractivity contribution in [2.45, 2.75) is 97.0 Å². The Balaban J connectivity index is 3.04. The van der Waals surface area contributed by atoms with Crippen LogP contribution in [0.25, 0.3) is 0 Å². The Bertz CT molecular complexity index is 172. The molecule has 0 aromatic rings. The first-order valence-electron chi connectivity index (χ1n) is 8.10. The van der Waals surface area contributed by atoms with Gasteiger partial charge in [0.15, 0.2) is 0 Å². The van der Waals surface area contributed by atoms with E-state index in [4.69, 9.17) is 5.11 Å². The van der Waals surface area contributed by atoms with Gasteiger partial charge >= 0.3 is 0 Å². The van der Waals surface area contributed by atoms with Gasteiger partial charge in [-0.3, -0.25) is 0 Å². The Labute approximate surface area is 115 Å². The van der Waals surface area contributed by atoms with Gasteiger partial charge in [0.05, 0.1) is 6.10 Å². The first-order chi connectivity index (χ1) is 8.77. The normalized spacial score (nSPS) is 13.3. The number of hydrogen-bond acceptors (Lipinski definition) is 1. The lowest BCUT2D eigenvalue weighted by atomic mass is 10.1. The maximum absolute atomic E-state index is 9.12. The van der Waals surface area contributed by atoms with Crippen LogP contribution in [0.5, 0.6) is 0 Å². The highest BCUT2D eigenvalue weighted by Crippen LogP contribution is 2.09. The van der Waals surface area contributed by atoms with Crippen LogP contribution in [0.15, 0.2) is 12.2 Å². The minimum Gasteiger partial charge on any atom is -0.393 e. The molecule has 0 amide bonds. The van der Waals surface area contributed by atoms with Crippen LogP contribution in [0.4, 0.5) is 0 Å². The first kappa shape index (κ1) is 17.7. The van der Waals surface area contributed by atoms with Gasteiger partial charge in [-0.25, -0.2) is 0 Å². The highest BCUT2D eigenvalue weighted by molar-refractivity contribution is 4.81. The molecule has 0 saturated heterocycles. The lowest BCUT2D eigenvalue weighted by Gasteiger charge is -2.02. The molecule has 0 rings (SSSR count). The monoisotopic (exact) mass is 254 g/mol. The third-order valence-electron chi connectivity index (χ3n) is 3.38. The topological polar surface area (TPSA) is 20.2 Å². The number of allylic oxidation sites excluding steroid dienone is 2. The van der Waals surface area contributed by atoms with Gasteiger partial charge in [0, 0.05) is 0 Å². The zero-order valence-electron chi connectivity index (χ0n) is 12.7. The van der Waals surface area contributed by atoms with Crippen molar-refractivity contribution in [2.24, 2.45) is 0 Å². The lowest BCUT2D eigenvalue weighted by Crippen LogP contribution is -1.98. The van der Waals surface area contributed by atoms with Crippen LogP contribution in [0.3, 0.4) is 0 Å². The smallest absolute Gasteiger partial charge is 0.0512 e. The van der Waals surface area contributed by atoms with E-state index in [9.17, 15) is 0 Å². The molecule has 0 fully saturated rings. The average Bonchev–Trinajstić information content (AvgIpc) is 2.34. The predicted octanol–water partition coefficient (Wildman–Crippen LogP) is 5.62. The van der Waals surface area contributed by atoms with Gasteiger partial charge in [-0.05, 0) is 39.0 Å². The third kappa shape index (κ3) is 15.7. The van der Waals surface area contributed by atoms with E-state index in [1.165, 1.54) is 70.6 Å². The van der Waals surface area contributed by atoms with Crippen LogP contribution in [0.1, 0.15) is 90.9 Å². The van der Waals surface area contributed by atoms with Gasteiger partial charge in [0.25, 0.3) is 0 Å². The van der Waals surface area contributed by atoms with E-state index in [1.54, 1.807) is 0 Å². The molecule has 0 aromatic carbocycles. The molecule has 1 atom stereocenters. The van der Waals surface area contributed by atoms with Gasteiger partial charge < -0.3 is 5.11 Å². The second kappa shape index (κ2) is 14.8. The quantitative estimate of drug-likeness (QED) is 0.334. The molecule has 0 aliphatic rings. The van der Waals surface area contributed by atoms with Gasteiger partial charge in [0.2, 0.25) is 0 Å². The summed E-state index contributed by atoms with van der Waals surface area (Å²) in [6, 6.07) is 0. The number of aliphatic hydroxyl groups is 1. The molecule has 1 unspecified atom stereocenters. The van der Waals surface area contributed by atoms with Crippen molar-refractivity contribution in [3.8, 4) is 0 Å². The summed E-state index contributed by atoms with van der Waals surface area (Å²) in [7, 11) is 0. The molecule has 0 aromatic heterocycles. The van der Waals surface area contributed by atoms with Crippen molar-refractivity contribution in [1.29, 1.82) is 0 Å². The minimum atomic E-state index is -0.113. The van der Waals surface area contributed by atoms with E-state index in [0.717, 1.165) is 6.42 Å². The number of unbranched alkanes of at least 4 members (excludes halogenated alkanes) is 9. The summed E-state index contributed by atoms with van der Waals surface area (Å²) in [5.74, 6) is 0. The Morgan fingerprint density at radius 1 is 0.778 bits per heavy atom. The highest BCUT2D eigenvalue weighted by Gasteiger charge is 1.94. The molecule has 0 saturated carbocycles. The maximum Gasteiger partial charge on any atom is 0.0512 e. The number of rotatable bonds is 13. The summed E-state index contributed by atoms with van der Waals surface area (Å²) in [4.78, 5) is 0. The largest absolute Gasteiger partial charge is 0.393 e. The Hall–Kier alpha value is -0.300. The van der Waals surface area contributed by atoms with Crippen molar-refractivity contribution in [3.63, 3.8) is 0 Å². The molecular weight excluding hydrogens is 220 g/mol. The Morgan fingerprint density at radius 2 is 1.28 bits per heavy atom. The fraction of sp³-hybridized carbons (Fsp3) is 0.882. The van der Waals surface area contributed by atoms with Crippen LogP contribution in [0.2, 0.25) is 0 Å². The fourth-order valence-electron chi connectivity index (χ4n) is 2.16. The molecule has 0 spiro atoms. The van der Waals surface area contributed by atoms with Crippen molar-refractivity contribution >= 4 is 0 Å². The molecule has 0 heterocycles. The SMILES string of the molecule is CCCCCCC/C=C/CCCCCCC(C)O. The van der Waals surface area contributed by atoms with E-state index in [2.05, 4.69) is 19.1 Å². The van der Waals surface area contributed by atoms with E-state index >= 15 is 0 Å². The highest BCUT2D eigenvalue weighted by atomic mass is 16.3. The van der Waals surface area contributed by atoms with Crippen molar-refractivity contribution < 1.29 is 5.11 Å². The predicted molar refractivity (Wildman–Crippen MR) is 81.9 cm³/mol. The van der Waals surface area contributed by atoms with Gasteiger partial charge in [0.1, 0.15) is 0 Å². The molecule has 0 radical (unpaired) electrons. The van der Waals surface area contributed by atoms with Crippen molar-refractivity contribution in [3.05, 3.63) is 12.2 Å². The van der Waals surface area contributed by atoms with E-state index in [1.807, 2.05) is 6.92 Å². The molecule has 108 valence electrons. The molecular formula is C17H34O. The zero-order chi connectivity index (χ0) is 13.5. The summed E-state index contributed by atoms with van der Waals surface area (Å²) in [5, 5.41) is 9.12. The maximum atomic E-state index is 9.12. The van der Waals surface area contributed by atoms with Crippen LogP contribution >= 0.6 is 0 Å². The molecule has 1 N–H and O–H groups in total. The van der Waals surface area contributed by atoms with Crippen LogP contribution in [-0.2, 0) is 0 Å². The summed E-state index contributed by atoms with van der Waals surface area (Å²) >= 11 is 0. The fourth-order valence-corrected chi connectivity index (χ4v) is 2.16. The van der Waals surface area contributed by atoms with Gasteiger partial charge in [-0.15, -0.1) is 0 Å². The Kier molecular flexibility index (Phi) is 14.5. The molecule has 1 nitrogen and oxygen atoms in total. The minimum absolute atomic E-state index is 0.113. The second-order valence-corrected chi connectivity index (χ2v) is 5.51. The summed E-state index contributed by atoms with van der Waals surface area (Å²) < 4.78 is 0. The van der Waals surface area contributed by atoms with Crippen LogP contribution in [-0.4, -0.2) is 11.2 Å². The molecule has 0 aliphatic carbocycles. The standard InChI is InChI=1S/C17H34O/c1-3-4-5-6-7-8-9-10-11-12-13-14-15-16-17(2)18/h9-10,17-18H,3-8,11-16H2,1-2H3/b10-9+. The van der Waals surface area contributed by atoms with Gasteiger partial charge in [-0.2, -0.15) is 0 Å². The van der Waals surface area contributed by atoms with Crippen LogP contribution in [0, 0.1) is 0 Å². The van der Waals surface area contributed by atoms with E-state index in [0.29, 0.717) is 0 Å². The van der Waals surface area contributed by atoms with Crippen molar-refractivity contribution in [2.75, 3.05) is 0 Å². The summed E-state index contributed by atoms with van der Waals surface area (Å²) in [6.45, 7) is 4.14. The van der Waals surface area contributed by atoms with E-state index < -0.39 is 0 Å². The molecule has 0 bridgehead atoms. The summed E-state index contributed by atoms with van der Waals surface area (Å²) in [6.07, 6.45) is 20.1. The summed E-state index contributed by atoms with van der Waals surface area (Å²) in [5.41, 5.74) is 0. The average molecular weight is 254 g/mol. The lowest BCUT2D eigenvalue weighted by molar-refractivity contribution is 0.180. The first-order valence-corrected chi connectivity index (χ1v) is 8.10. The molecule has 1 heteroatoms. The second-order valence-electron chi connectivity index (χ2n) is 5.51. The zero-order valence-corrected chi connectivity index (χ0v) is 12.7. The number of aliphatic hydroxyl groups excluding tert-OH is 1. The van der Waals surface area contributed by atoms with Gasteiger partial charge in [-0.1, -0.05) is 64.0 Å².